The van der Waals surface area contributed by atoms with E-state index in [4.69, 9.17) is 4.74 Å². The predicted octanol–water partition coefficient (Wildman–Crippen LogP) is 4.74. The Morgan fingerprint density at radius 1 is 1.16 bits per heavy atom. The molecule has 0 aliphatic heterocycles. The van der Waals surface area contributed by atoms with E-state index in [0.717, 1.165) is 10.0 Å². The Bertz CT molecular complexity index is 597. The fraction of sp³-hybridized carbons (Fsp3) is 0.200. The monoisotopic (exact) mass is 324 g/mol. The molecule has 0 saturated carbocycles. The minimum absolute atomic E-state index is 0.157. The van der Waals surface area contributed by atoms with Crippen LogP contribution in [0.25, 0.3) is 0 Å². The fourth-order valence-electron chi connectivity index (χ4n) is 1.75. The Labute approximate surface area is 120 Å². The molecule has 0 bridgehead atoms. The number of hydrogen-bond acceptors (Lipinski definition) is 2. The van der Waals surface area contributed by atoms with Crippen LogP contribution in [0, 0.1) is 12.7 Å². The topological polar surface area (TPSA) is 29.5 Å². The maximum Gasteiger partial charge on any atom is 0.165 e. The molecule has 0 radical (unpaired) electrons. The molecule has 0 spiro atoms. The molecule has 0 saturated heterocycles. The third-order valence-corrected chi connectivity index (χ3v) is 3.22. The van der Waals surface area contributed by atoms with Crippen LogP contribution >= 0.6 is 15.9 Å². The van der Waals surface area contributed by atoms with Crippen molar-refractivity contribution in [3.8, 4) is 11.5 Å². The maximum absolute atomic E-state index is 13.7. The van der Waals surface area contributed by atoms with Crippen molar-refractivity contribution in [3.63, 3.8) is 0 Å². The summed E-state index contributed by atoms with van der Waals surface area (Å²) in [5.41, 5.74) is 1.52. The lowest BCUT2D eigenvalue weighted by Gasteiger charge is -2.14. The highest BCUT2D eigenvalue weighted by Gasteiger charge is 2.12. The first kappa shape index (κ1) is 14.0. The van der Waals surface area contributed by atoms with E-state index in [9.17, 15) is 9.50 Å². The molecular formula is C15H14BrFO2. The summed E-state index contributed by atoms with van der Waals surface area (Å²) in [5, 5.41) is 9.74. The number of rotatable bonds is 3. The van der Waals surface area contributed by atoms with E-state index in [1.165, 1.54) is 6.07 Å². The molecule has 0 heterocycles. The third-order valence-electron chi connectivity index (χ3n) is 2.73. The van der Waals surface area contributed by atoms with Gasteiger partial charge in [0.25, 0.3) is 0 Å². The molecule has 0 aliphatic carbocycles. The highest BCUT2D eigenvalue weighted by Crippen LogP contribution is 2.33. The second kappa shape index (κ2) is 5.72. The summed E-state index contributed by atoms with van der Waals surface area (Å²) < 4.78 is 20.1. The van der Waals surface area contributed by atoms with Crippen molar-refractivity contribution >= 4 is 15.9 Å². The van der Waals surface area contributed by atoms with Crippen LogP contribution in [0.3, 0.4) is 0 Å². The average molecular weight is 325 g/mol. The number of aliphatic hydroxyl groups excluding tert-OH is 1. The summed E-state index contributed by atoms with van der Waals surface area (Å²) in [6, 6.07) is 9.92. The molecule has 0 amide bonds. The summed E-state index contributed by atoms with van der Waals surface area (Å²) in [4.78, 5) is 0. The summed E-state index contributed by atoms with van der Waals surface area (Å²) in [6.45, 7) is 3.50. The number of halogens is 2. The number of aliphatic hydroxyl groups is 1. The molecular weight excluding hydrogens is 311 g/mol. The van der Waals surface area contributed by atoms with E-state index in [0.29, 0.717) is 11.3 Å². The lowest BCUT2D eigenvalue weighted by Crippen LogP contribution is -1.97. The summed E-state index contributed by atoms with van der Waals surface area (Å²) >= 11 is 3.34. The maximum atomic E-state index is 13.7. The Hall–Kier alpha value is -1.39. The number of benzene rings is 2. The van der Waals surface area contributed by atoms with Crippen LogP contribution < -0.4 is 4.74 Å². The largest absolute Gasteiger partial charge is 0.454 e. The van der Waals surface area contributed by atoms with Crippen LogP contribution in [-0.4, -0.2) is 5.11 Å². The molecule has 2 aromatic carbocycles. The van der Waals surface area contributed by atoms with Crippen molar-refractivity contribution in [2.45, 2.75) is 20.0 Å². The normalized spacial score (nSPS) is 12.3. The first-order valence-electron chi connectivity index (χ1n) is 5.89. The van der Waals surface area contributed by atoms with E-state index >= 15 is 0 Å². The van der Waals surface area contributed by atoms with Crippen molar-refractivity contribution in [1.29, 1.82) is 0 Å². The highest BCUT2D eigenvalue weighted by atomic mass is 79.9. The molecule has 1 unspecified atom stereocenters. The Balaban J connectivity index is 2.40. The van der Waals surface area contributed by atoms with Gasteiger partial charge < -0.3 is 9.84 Å². The van der Waals surface area contributed by atoms with Crippen molar-refractivity contribution in [2.75, 3.05) is 0 Å². The quantitative estimate of drug-likeness (QED) is 0.883. The van der Waals surface area contributed by atoms with Crippen molar-refractivity contribution < 1.29 is 14.2 Å². The zero-order valence-electron chi connectivity index (χ0n) is 10.7. The molecule has 2 nitrogen and oxygen atoms in total. The van der Waals surface area contributed by atoms with Gasteiger partial charge in [0.05, 0.1) is 6.10 Å². The highest BCUT2D eigenvalue weighted by molar-refractivity contribution is 9.10. The van der Waals surface area contributed by atoms with Crippen molar-refractivity contribution in [3.05, 3.63) is 57.8 Å². The number of hydrogen-bond donors (Lipinski definition) is 1. The van der Waals surface area contributed by atoms with Crippen LogP contribution in [-0.2, 0) is 0 Å². The van der Waals surface area contributed by atoms with E-state index in [1.807, 2.05) is 6.92 Å². The standard InChI is InChI=1S/C15H14BrFO2/c1-9-3-5-13(17)15(7-9)19-14-6-4-11(16)8-12(14)10(2)18/h3-8,10,18H,1-2H3. The minimum atomic E-state index is -0.694. The predicted molar refractivity (Wildman–Crippen MR) is 76.0 cm³/mol. The van der Waals surface area contributed by atoms with Gasteiger partial charge in [0.1, 0.15) is 5.75 Å². The summed E-state index contributed by atoms with van der Waals surface area (Å²) in [7, 11) is 0. The minimum Gasteiger partial charge on any atom is -0.454 e. The lowest BCUT2D eigenvalue weighted by atomic mass is 10.1. The van der Waals surface area contributed by atoms with Gasteiger partial charge in [0.2, 0.25) is 0 Å². The molecule has 19 heavy (non-hydrogen) atoms. The Morgan fingerprint density at radius 3 is 2.58 bits per heavy atom. The zero-order chi connectivity index (χ0) is 14.0. The van der Waals surface area contributed by atoms with Crippen molar-refractivity contribution in [1.82, 2.24) is 0 Å². The second-order valence-corrected chi connectivity index (χ2v) is 5.31. The molecule has 2 aromatic rings. The molecule has 1 atom stereocenters. The molecule has 2 rings (SSSR count). The molecule has 100 valence electrons. The second-order valence-electron chi connectivity index (χ2n) is 4.39. The van der Waals surface area contributed by atoms with E-state index < -0.39 is 11.9 Å². The van der Waals surface area contributed by atoms with E-state index in [2.05, 4.69) is 15.9 Å². The SMILES string of the molecule is Cc1ccc(F)c(Oc2ccc(Br)cc2C(C)O)c1. The van der Waals surface area contributed by atoms with Crippen LogP contribution in [0.5, 0.6) is 11.5 Å². The van der Waals surface area contributed by atoms with E-state index in [1.54, 1.807) is 37.3 Å². The molecule has 4 heteroatoms. The molecule has 0 fully saturated rings. The Kier molecular flexibility index (Phi) is 4.22. The molecule has 0 aromatic heterocycles. The van der Waals surface area contributed by atoms with Gasteiger partial charge in [-0.15, -0.1) is 0 Å². The van der Waals surface area contributed by atoms with Gasteiger partial charge in [-0.1, -0.05) is 22.0 Å². The smallest absolute Gasteiger partial charge is 0.165 e. The lowest BCUT2D eigenvalue weighted by molar-refractivity contribution is 0.195. The molecule has 1 N–H and O–H groups in total. The van der Waals surface area contributed by atoms with Crippen LogP contribution in [0.15, 0.2) is 40.9 Å². The number of ether oxygens (including phenoxy) is 1. The first-order valence-corrected chi connectivity index (χ1v) is 6.68. The van der Waals surface area contributed by atoms with Crippen LogP contribution in [0.2, 0.25) is 0 Å². The summed E-state index contributed by atoms with van der Waals surface area (Å²) in [6.07, 6.45) is -0.694. The Morgan fingerprint density at radius 2 is 1.89 bits per heavy atom. The van der Waals surface area contributed by atoms with E-state index in [-0.39, 0.29) is 5.75 Å². The van der Waals surface area contributed by atoms with Crippen molar-refractivity contribution in [2.24, 2.45) is 0 Å². The van der Waals surface area contributed by atoms with Gasteiger partial charge >= 0.3 is 0 Å². The van der Waals surface area contributed by atoms with Crippen LogP contribution in [0.1, 0.15) is 24.2 Å². The number of aryl methyl sites for hydroxylation is 1. The van der Waals surface area contributed by atoms with Gasteiger partial charge in [0, 0.05) is 10.0 Å². The van der Waals surface area contributed by atoms with Gasteiger partial charge in [0.15, 0.2) is 11.6 Å². The zero-order valence-corrected chi connectivity index (χ0v) is 12.2. The van der Waals surface area contributed by atoms with Gasteiger partial charge in [-0.25, -0.2) is 4.39 Å². The van der Waals surface area contributed by atoms with Gasteiger partial charge in [-0.3, -0.25) is 0 Å². The summed E-state index contributed by atoms with van der Waals surface area (Å²) in [5.74, 6) is 0.178. The van der Waals surface area contributed by atoms with Gasteiger partial charge in [-0.05, 0) is 49.7 Å². The fourth-order valence-corrected chi connectivity index (χ4v) is 2.12. The van der Waals surface area contributed by atoms with Gasteiger partial charge in [-0.2, -0.15) is 0 Å². The third kappa shape index (κ3) is 3.33. The van der Waals surface area contributed by atoms with Crippen LogP contribution in [0.4, 0.5) is 4.39 Å². The molecule has 0 aliphatic rings. The average Bonchev–Trinajstić information content (AvgIpc) is 2.35. The first-order chi connectivity index (χ1) is 8.97.